The molecule has 1 fully saturated rings. The van der Waals surface area contributed by atoms with E-state index in [0.29, 0.717) is 48.3 Å². The molecule has 1 aliphatic heterocycles. The van der Waals surface area contributed by atoms with Crippen molar-refractivity contribution in [3.63, 3.8) is 0 Å². The number of benzene rings is 1. The largest absolute Gasteiger partial charge is 0.465 e. The third-order valence-electron chi connectivity index (χ3n) is 7.54. The number of carbonyl (C=O) groups is 2. The van der Waals surface area contributed by atoms with Crippen LogP contribution in [-0.4, -0.2) is 69.6 Å². The van der Waals surface area contributed by atoms with E-state index < -0.39 is 0 Å². The van der Waals surface area contributed by atoms with E-state index in [-0.39, 0.29) is 23.6 Å². The maximum Gasteiger partial charge on any atom is 0.337 e. The fraction of sp³-hybridized carbons (Fsp3) is 0.488. The Bertz CT molecular complexity index is 1380. The summed E-state index contributed by atoms with van der Waals surface area (Å²) >= 11 is 0. The monoisotopic (exact) mass is 695 g/mol. The van der Waals surface area contributed by atoms with Crippen LogP contribution in [0.15, 0.2) is 76.2 Å². The molecule has 2 aromatic rings. The second kappa shape index (κ2) is 27.6. The number of nitrogens with zero attached hydrogens (tertiary/aromatic N) is 2. The molecule has 1 saturated heterocycles. The number of likely N-dealkylation sites (tertiary alicyclic amines) is 1. The van der Waals surface area contributed by atoms with Crippen molar-refractivity contribution in [2.45, 2.75) is 87.2 Å². The predicted octanol–water partition coefficient (Wildman–Crippen LogP) is 9.09. The zero-order valence-electron chi connectivity index (χ0n) is 32.2. The minimum Gasteiger partial charge on any atom is -0.465 e. The smallest absolute Gasteiger partial charge is 0.337 e. The van der Waals surface area contributed by atoms with Crippen molar-refractivity contribution in [1.29, 1.82) is 0 Å². The van der Waals surface area contributed by atoms with Gasteiger partial charge < -0.3 is 24.1 Å². The van der Waals surface area contributed by atoms with Gasteiger partial charge in [-0.3, -0.25) is 9.79 Å². The van der Waals surface area contributed by atoms with Gasteiger partial charge in [0.15, 0.2) is 5.76 Å². The zero-order valence-corrected chi connectivity index (χ0v) is 32.2. The molecule has 1 aromatic heterocycles. The van der Waals surface area contributed by atoms with Crippen molar-refractivity contribution in [3.8, 4) is 0 Å². The number of hydrogen-bond donors (Lipinski definition) is 1. The van der Waals surface area contributed by atoms with Crippen molar-refractivity contribution >= 4 is 24.3 Å². The predicted molar refractivity (Wildman–Crippen MR) is 206 cm³/mol. The van der Waals surface area contributed by atoms with Crippen molar-refractivity contribution in [3.05, 3.63) is 101 Å². The molecular formula is C41H62FN3O5. The number of rotatable bonds is 11. The maximum atomic E-state index is 13.6. The van der Waals surface area contributed by atoms with E-state index >= 15 is 0 Å². The summed E-state index contributed by atoms with van der Waals surface area (Å²) in [5.74, 6) is 0.410. The highest BCUT2D eigenvalue weighted by molar-refractivity contribution is 5.93. The summed E-state index contributed by atoms with van der Waals surface area (Å²) in [6.07, 6.45) is 16.7. The SMILES string of the molecule is C=CCNC(=O)c1oc(/C=C\Cc2ccccc2F)c(C)c1C.CC.CC.CC.CN=CN1CCC(OCC2C=C(C(=O)OC)C=CC2)CC1. The molecule has 2 aliphatic rings. The molecule has 1 aliphatic carbocycles. The first-order chi connectivity index (χ1) is 24.3. The molecule has 1 amide bonds. The van der Waals surface area contributed by atoms with E-state index in [1.54, 1.807) is 37.4 Å². The minimum atomic E-state index is -0.275. The minimum absolute atomic E-state index is 0.228. The van der Waals surface area contributed by atoms with Gasteiger partial charge in [0.05, 0.1) is 31.7 Å². The van der Waals surface area contributed by atoms with Crippen LogP contribution in [-0.2, 0) is 20.7 Å². The average Bonchev–Trinajstić information content (AvgIpc) is 3.45. The Morgan fingerprint density at radius 2 is 1.74 bits per heavy atom. The van der Waals surface area contributed by atoms with E-state index in [0.717, 1.165) is 43.5 Å². The Balaban J connectivity index is 0.000000838. The number of hydrogen-bond acceptors (Lipinski definition) is 6. The Morgan fingerprint density at radius 1 is 1.08 bits per heavy atom. The number of ether oxygens (including phenoxy) is 2. The highest BCUT2D eigenvalue weighted by Gasteiger charge is 2.21. The first-order valence-corrected chi connectivity index (χ1v) is 17.9. The van der Waals surface area contributed by atoms with Crippen LogP contribution < -0.4 is 5.32 Å². The number of methoxy groups -OCH3 is 1. The van der Waals surface area contributed by atoms with Gasteiger partial charge in [0.25, 0.3) is 5.91 Å². The number of nitrogens with one attached hydrogen (secondary N) is 1. The van der Waals surface area contributed by atoms with Gasteiger partial charge in [0.1, 0.15) is 11.6 Å². The third-order valence-corrected chi connectivity index (χ3v) is 7.54. The molecule has 1 unspecified atom stereocenters. The summed E-state index contributed by atoms with van der Waals surface area (Å²) in [7, 11) is 3.20. The second-order valence-corrected chi connectivity index (χ2v) is 10.7. The van der Waals surface area contributed by atoms with Crippen molar-refractivity contribution in [2.24, 2.45) is 10.9 Å². The summed E-state index contributed by atoms with van der Waals surface area (Å²) in [6.45, 7) is 22.3. The highest BCUT2D eigenvalue weighted by Crippen LogP contribution is 2.23. The van der Waals surface area contributed by atoms with Crippen molar-refractivity contribution in [2.75, 3.05) is 40.4 Å². The van der Waals surface area contributed by atoms with E-state index in [1.807, 2.05) is 86.0 Å². The molecular weight excluding hydrogens is 633 g/mol. The van der Waals surface area contributed by atoms with Gasteiger partial charge in [0.2, 0.25) is 0 Å². The Labute approximate surface area is 301 Å². The van der Waals surface area contributed by atoms with Crippen LogP contribution in [0.25, 0.3) is 6.08 Å². The van der Waals surface area contributed by atoms with Gasteiger partial charge >= 0.3 is 5.97 Å². The number of aliphatic imine (C=N–C) groups is 1. The molecule has 1 atom stereocenters. The molecule has 50 heavy (non-hydrogen) atoms. The maximum absolute atomic E-state index is 13.6. The van der Waals surface area contributed by atoms with Crippen LogP contribution in [0.5, 0.6) is 0 Å². The van der Waals surface area contributed by atoms with Crippen LogP contribution in [0.2, 0.25) is 0 Å². The van der Waals surface area contributed by atoms with E-state index in [1.165, 1.54) is 13.2 Å². The topological polar surface area (TPSA) is 93.4 Å². The molecule has 9 heteroatoms. The van der Waals surface area contributed by atoms with Crippen molar-refractivity contribution < 1.29 is 27.9 Å². The molecule has 0 spiro atoms. The van der Waals surface area contributed by atoms with Gasteiger partial charge in [0, 0.05) is 38.2 Å². The second-order valence-electron chi connectivity index (χ2n) is 10.7. The van der Waals surface area contributed by atoms with E-state index in [9.17, 15) is 14.0 Å². The van der Waals surface area contributed by atoms with Crippen LogP contribution in [0.1, 0.15) is 93.8 Å². The molecule has 0 bridgehead atoms. The van der Waals surface area contributed by atoms with Crippen LogP contribution >= 0.6 is 0 Å². The van der Waals surface area contributed by atoms with Crippen LogP contribution in [0.3, 0.4) is 0 Å². The van der Waals surface area contributed by atoms with Crippen molar-refractivity contribution in [1.82, 2.24) is 10.2 Å². The van der Waals surface area contributed by atoms with Gasteiger partial charge in [-0.15, -0.1) is 6.58 Å². The number of halogens is 1. The van der Waals surface area contributed by atoms with Crippen LogP contribution in [0, 0.1) is 25.6 Å². The lowest BCUT2D eigenvalue weighted by molar-refractivity contribution is -0.135. The lowest BCUT2D eigenvalue weighted by Gasteiger charge is -2.31. The quantitative estimate of drug-likeness (QED) is 0.109. The average molecular weight is 696 g/mol. The molecule has 1 aromatic carbocycles. The molecule has 0 radical (unpaired) electrons. The van der Waals surface area contributed by atoms with Crippen LogP contribution in [0.4, 0.5) is 4.39 Å². The van der Waals surface area contributed by atoms with Gasteiger partial charge in [-0.2, -0.15) is 0 Å². The van der Waals surface area contributed by atoms with Gasteiger partial charge in [-0.05, 0) is 62.8 Å². The molecule has 8 nitrogen and oxygen atoms in total. The lowest BCUT2D eigenvalue weighted by Crippen LogP contribution is -2.36. The molecule has 278 valence electrons. The summed E-state index contributed by atoms with van der Waals surface area (Å²) in [4.78, 5) is 29.8. The van der Waals surface area contributed by atoms with Gasteiger partial charge in [-0.25, -0.2) is 9.18 Å². The fourth-order valence-electron chi connectivity index (χ4n) is 4.89. The number of piperidine rings is 1. The number of furan rings is 1. The molecule has 1 N–H and O–H groups in total. The molecule has 2 heterocycles. The first-order valence-electron chi connectivity index (χ1n) is 17.9. The fourth-order valence-corrected chi connectivity index (χ4v) is 4.89. The number of allylic oxidation sites excluding steroid dienone is 2. The normalized spacial score (nSPS) is 15.2. The third kappa shape index (κ3) is 16.0. The van der Waals surface area contributed by atoms with E-state index in [2.05, 4.69) is 21.8 Å². The van der Waals surface area contributed by atoms with Gasteiger partial charge in [-0.1, -0.05) is 90.1 Å². The number of esters is 1. The molecule has 0 saturated carbocycles. The van der Waals surface area contributed by atoms with E-state index in [4.69, 9.17) is 13.9 Å². The summed E-state index contributed by atoms with van der Waals surface area (Å²) in [5.41, 5.74) is 2.95. The Morgan fingerprint density at radius 3 is 2.34 bits per heavy atom. The summed E-state index contributed by atoms with van der Waals surface area (Å²) in [5, 5.41) is 2.69. The number of amides is 1. The Kier molecular flexibility index (Phi) is 25.2. The highest BCUT2D eigenvalue weighted by atomic mass is 19.1. The summed E-state index contributed by atoms with van der Waals surface area (Å²) < 4.78 is 30.0. The zero-order chi connectivity index (χ0) is 37.9. The Hall–Kier alpha value is -4.24. The first kappa shape index (κ1) is 45.8. The molecule has 4 rings (SSSR count). The summed E-state index contributed by atoms with van der Waals surface area (Å²) in [6, 6.07) is 6.65. The lowest BCUT2D eigenvalue weighted by atomic mass is 9.97. The number of carbonyl (C=O) groups excluding carboxylic acids is 2. The standard InChI is InChI=1S/C19H20FNO2.C16H24N2O3.3C2H6/c1-4-12-21-19(22)18-14(3)13(2)17(23-18)11-7-9-15-8-5-6-10-16(15)20;1-17-12-18-8-6-15(7-9-18)21-11-13-4-3-5-14(10-13)16(19)20-2;3*1-2/h4-8,10-11H,1,9,12H2,2-3H3,(H,21,22);3,5,10,12-13,15H,4,6-9,11H2,1-2H3;3*1-2H3/b11-7-;;;;.